The molecule has 0 N–H and O–H groups in total. The van der Waals surface area contributed by atoms with Crippen LogP contribution in [-0.2, 0) is 4.74 Å². The minimum Gasteiger partial charge on any atom is -0.497 e. The van der Waals surface area contributed by atoms with Crippen LogP contribution in [-0.4, -0.2) is 19.7 Å². The van der Waals surface area contributed by atoms with E-state index in [1.807, 2.05) is 24.3 Å². The van der Waals surface area contributed by atoms with Gasteiger partial charge in [-0.05, 0) is 55.5 Å². The van der Waals surface area contributed by atoms with Crippen molar-refractivity contribution in [1.29, 1.82) is 0 Å². The predicted molar refractivity (Wildman–Crippen MR) is 97.4 cm³/mol. The van der Waals surface area contributed by atoms with Gasteiger partial charge in [0.1, 0.15) is 16.9 Å². The zero-order valence-corrected chi connectivity index (χ0v) is 14.4. The summed E-state index contributed by atoms with van der Waals surface area (Å²) in [7, 11) is 1.61. The summed E-state index contributed by atoms with van der Waals surface area (Å²) >= 11 is 0. The molecule has 0 aliphatic rings. The van der Waals surface area contributed by atoms with Crippen molar-refractivity contribution in [3.8, 4) is 17.6 Å². The maximum Gasteiger partial charge on any atom is 0.351 e. The lowest BCUT2D eigenvalue weighted by molar-refractivity contribution is 0.0522. The Balaban J connectivity index is 1.95. The third-order valence-electron chi connectivity index (χ3n) is 3.67. The van der Waals surface area contributed by atoms with Crippen molar-refractivity contribution in [3.63, 3.8) is 0 Å². The van der Waals surface area contributed by atoms with Crippen LogP contribution in [0.2, 0.25) is 0 Å². The summed E-state index contributed by atoms with van der Waals surface area (Å²) in [6.07, 6.45) is 0. The second-order valence-electron chi connectivity index (χ2n) is 5.40. The lowest BCUT2D eigenvalue weighted by atomic mass is 10.1. The zero-order chi connectivity index (χ0) is 18.5. The van der Waals surface area contributed by atoms with E-state index in [2.05, 4.69) is 11.8 Å². The van der Waals surface area contributed by atoms with Gasteiger partial charge in [-0.1, -0.05) is 11.8 Å². The Hall–Kier alpha value is -3.52. The Labute approximate surface area is 150 Å². The molecule has 0 atom stereocenters. The first-order valence-electron chi connectivity index (χ1n) is 8.02. The van der Waals surface area contributed by atoms with Crippen LogP contribution in [0, 0.1) is 11.8 Å². The lowest BCUT2D eigenvalue weighted by Gasteiger charge is -2.02. The van der Waals surface area contributed by atoms with Gasteiger partial charge in [0, 0.05) is 16.5 Å². The van der Waals surface area contributed by atoms with Crippen LogP contribution >= 0.6 is 0 Å². The minimum absolute atomic E-state index is 0.125. The van der Waals surface area contributed by atoms with Gasteiger partial charge in [-0.2, -0.15) is 0 Å². The average Bonchev–Trinajstić information content (AvgIpc) is 2.66. The molecule has 0 amide bonds. The van der Waals surface area contributed by atoms with E-state index >= 15 is 0 Å². The quantitative estimate of drug-likeness (QED) is 0.412. The van der Waals surface area contributed by atoms with Crippen molar-refractivity contribution >= 4 is 16.9 Å². The van der Waals surface area contributed by atoms with Gasteiger partial charge in [0.25, 0.3) is 0 Å². The van der Waals surface area contributed by atoms with E-state index in [4.69, 9.17) is 13.9 Å². The topological polar surface area (TPSA) is 65.7 Å². The molecular weight excluding hydrogens is 332 g/mol. The standard InChI is InChI=1S/C21H16O5/c1-3-25-20(22)18-13-16-12-15(8-11-19(16)26-21(18)23)5-4-14-6-9-17(24-2)10-7-14/h6-13H,3H2,1-2H3. The van der Waals surface area contributed by atoms with Gasteiger partial charge >= 0.3 is 11.6 Å². The second-order valence-corrected chi connectivity index (χ2v) is 5.40. The van der Waals surface area contributed by atoms with Crippen LogP contribution < -0.4 is 10.4 Å². The zero-order valence-electron chi connectivity index (χ0n) is 14.4. The Morgan fingerprint density at radius 1 is 1.04 bits per heavy atom. The number of carbonyl (C=O) groups is 1. The molecule has 1 aromatic heterocycles. The monoisotopic (exact) mass is 348 g/mol. The summed E-state index contributed by atoms with van der Waals surface area (Å²) in [5.41, 5.74) is 1.13. The fraction of sp³-hybridized carbons (Fsp3) is 0.143. The number of hydrogen-bond acceptors (Lipinski definition) is 5. The van der Waals surface area contributed by atoms with Crippen molar-refractivity contribution in [2.45, 2.75) is 6.92 Å². The fourth-order valence-corrected chi connectivity index (χ4v) is 2.37. The lowest BCUT2D eigenvalue weighted by Crippen LogP contribution is -2.16. The van der Waals surface area contributed by atoms with Gasteiger partial charge in [-0.3, -0.25) is 0 Å². The highest BCUT2D eigenvalue weighted by molar-refractivity contribution is 5.93. The number of carbonyl (C=O) groups excluding carboxylic acids is 1. The van der Waals surface area contributed by atoms with E-state index in [-0.39, 0.29) is 12.2 Å². The van der Waals surface area contributed by atoms with E-state index < -0.39 is 11.6 Å². The first-order valence-corrected chi connectivity index (χ1v) is 8.02. The maximum absolute atomic E-state index is 11.9. The largest absolute Gasteiger partial charge is 0.497 e. The average molecular weight is 348 g/mol. The molecule has 5 nitrogen and oxygen atoms in total. The third-order valence-corrected chi connectivity index (χ3v) is 3.67. The molecule has 3 rings (SSSR count). The number of rotatable bonds is 3. The highest BCUT2D eigenvalue weighted by Gasteiger charge is 2.14. The number of ether oxygens (including phenoxy) is 2. The van der Waals surface area contributed by atoms with Crippen LogP contribution in [0.1, 0.15) is 28.4 Å². The van der Waals surface area contributed by atoms with Gasteiger partial charge in [0.2, 0.25) is 0 Å². The van der Waals surface area contributed by atoms with Gasteiger partial charge in [0.05, 0.1) is 13.7 Å². The molecule has 3 aromatic rings. The van der Waals surface area contributed by atoms with Crippen LogP contribution in [0.25, 0.3) is 11.0 Å². The number of esters is 1. The first kappa shape index (κ1) is 17.3. The van der Waals surface area contributed by atoms with Gasteiger partial charge in [0.15, 0.2) is 0 Å². The molecule has 0 bridgehead atoms. The van der Waals surface area contributed by atoms with Gasteiger partial charge in [-0.15, -0.1) is 0 Å². The van der Waals surface area contributed by atoms with Crippen LogP contribution in [0.5, 0.6) is 5.75 Å². The van der Waals surface area contributed by atoms with Crippen LogP contribution in [0.4, 0.5) is 0 Å². The molecule has 0 saturated carbocycles. The molecule has 2 aromatic carbocycles. The molecule has 130 valence electrons. The summed E-state index contributed by atoms with van der Waals surface area (Å²) in [4.78, 5) is 23.7. The molecule has 0 aliphatic heterocycles. The van der Waals surface area contributed by atoms with Crippen molar-refractivity contribution in [1.82, 2.24) is 0 Å². The van der Waals surface area contributed by atoms with E-state index in [0.29, 0.717) is 11.0 Å². The second kappa shape index (κ2) is 7.58. The SMILES string of the molecule is CCOC(=O)c1cc2cc(C#Cc3ccc(OC)cc3)ccc2oc1=O. The molecular formula is C21H16O5. The van der Waals surface area contributed by atoms with E-state index in [1.54, 1.807) is 32.2 Å². The fourth-order valence-electron chi connectivity index (χ4n) is 2.37. The summed E-state index contributed by atoms with van der Waals surface area (Å²) in [6, 6.07) is 14.1. The van der Waals surface area contributed by atoms with Gasteiger partial charge in [-0.25, -0.2) is 9.59 Å². The molecule has 0 saturated heterocycles. The molecule has 1 heterocycles. The molecule has 0 aliphatic carbocycles. The van der Waals surface area contributed by atoms with Crippen LogP contribution in [0.3, 0.4) is 0 Å². The van der Waals surface area contributed by atoms with E-state index in [9.17, 15) is 9.59 Å². The molecule has 26 heavy (non-hydrogen) atoms. The number of hydrogen-bond donors (Lipinski definition) is 0. The van der Waals surface area contributed by atoms with E-state index in [0.717, 1.165) is 16.9 Å². The number of methoxy groups -OCH3 is 1. The summed E-state index contributed by atoms with van der Waals surface area (Å²) in [5, 5.41) is 0.606. The van der Waals surface area contributed by atoms with E-state index in [1.165, 1.54) is 6.07 Å². The Morgan fingerprint density at radius 3 is 2.42 bits per heavy atom. The summed E-state index contributed by atoms with van der Waals surface area (Å²) in [5.74, 6) is 6.18. The molecule has 0 unspecified atom stereocenters. The molecule has 5 heteroatoms. The van der Waals surface area contributed by atoms with Gasteiger partial charge < -0.3 is 13.9 Å². The normalized spacial score (nSPS) is 10.1. The Morgan fingerprint density at radius 2 is 1.73 bits per heavy atom. The number of fused-ring (bicyclic) bond motifs is 1. The summed E-state index contributed by atoms with van der Waals surface area (Å²) < 4.78 is 15.2. The molecule has 0 spiro atoms. The highest BCUT2D eigenvalue weighted by Crippen LogP contribution is 2.16. The molecule has 0 radical (unpaired) electrons. The van der Waals surface area contributed by atoms with Crippen molar-refractivity contribution in [3.05, 3.63) is 75.6 Å². The predicted octanol–water partition coefficient (Wildman–Crippen LogP) is 3.38. The highest BCUT2D eigenvalue weighted by atomic mass is 16.5. The maximum atomic E-state index is 11.9. The first-order chi connectivity index (χ1) is 12.6. The van der Waals surface area contributed by atoms with Crippen molar-refractivity contribution in [2.24, 2.45) is 0 Å². The Bertz CT molecular complexity index is 1070. The van der Waals surface area contributed by atoms with Crippen molar-refractivity contribution < 1.29 is 18.7 Å². The number of benzene rings is 2. The summed E-state index contributed by atoms with van der Waals surface area (Å²) in [6.45, 7) is 1.86. The Kier molecular flexibility index (Phi) is 5.04. The van der Waals surface area contributed by atoms with Crippen LogP contribution in [0.15, 0.2) is 57.7 Å². The van der Waals surface area contributed by atoms with Crippen molar-refractivity contribution in [2.75, 3.05) is 13.7 Å². The minimum atomic E-state index is -0.715. The molecule has 0 fully saturated rings. The third kappa shape index (κ3) is 3.76. The smallest absolute Gasteiger partial charge is 0.351 e.